The van der Waals surface area contributed by atoms with Gasteiger partial charge in [0.25, 0.3) is 5.91 Å². The highest BCUT2D eigenvalue weighted by atomic mass is 32.1. The van der Waals surface area contributed by atoms with E-state index in [0.717, 1.165) is 24.9 Å². The first-order valence-corrected chi connectivity index (χ1v) is 14.4. The molecule has 5 nitrogen and oxygen atoms in total. The largest absolute Gasteiger partial charge is 0.338 e. The molecular weight excluding hydrogens is 478 g/mol. The summed E-state index contributed by atoms with van der Waals surface area (Å²) in [4.78, 5) is 34.1. The summed E-state index contributed by atoms with van der Waals surface area (Å²) in [5.41, 5.74) is 5.90. The summed E-state index contributed by atoms with van der Waals surface area (Å²) >= 11 is 1.82. The molecule has 0 spiro atoms. The van der Waals surface area contributed by atoms with Gasteiger partial charge in [-0.15, -0.1) is 11.3 Å². The van der Waals surface area contributed by atoms with Crippen molar-refractivity contribution in [3.05, 3.63) is 92.7 Å². The van der Waals surface area contributed by atoms with Crippen molar-refractivity contribution in [3.8, 4) is 0 Å². The van der Waals surface area contributed by atoms with Crippen LogP contribution in [0.5, 0.6) is 0 Å². The van der Waals surface area contributed by atoms with Crippen LogP contribution in [0.4, 0.5) is 0 Å². The number of unbranched alkanes of at least 4 members (excludes halogenated alkanes) is 1. The van der Waals surface area contributed by atoms with E-state index in [0.29, 0.717) is 32.7 Å². The smallest absolute Gasteiger partial charge is 0.253 e. The Hall–Kier alpha value is -2.96. The van der Waals surface area contributed by atoms with Crippen molar-refractivity contribution in [2.24, 2.45) is 0 Å². The fourth-order valence-electron chi connectivity index (χ4n) is 5.61. The molecule has 1 saturated heterocycles. The normalized spacial score (nSPS) is 18.1. The number of hydrogen-bond donors (Lipinski definition) is 0. The summed E-state index contributed by atoms with van der Waals surface area (Å²) in [5.74, 6) is 0.222. The maximum atomic E-state index is 13.4. The van der Waals surface area contributed by atoms with Crippen molar-refractivity contribution in [2.45, 2.75) is 45.6 Å². The van der Waals surface area contributed by atoms with Crippen LogP contribution in [0.2, 0.25) is 0 Å². The zero-order valence-electron chi connectivity index (χ0n) is 22.0. The number of benzene rings is 2. The van der Waals surface area contributed by atoms with Crippen LogP contribution in [0.15, 0.2) is 60.0 Å². The number of aryl methyl sites for hydroxylation is 2. The first-order chi connectivity index (χ1) is 18.0. The van der Waals surface area contributed by atoms with Crippen LogP contribution in [0.3, 0.4) is 0 Å². The Morgan fingerprint density at radius 2 is 1.62 bits per heavy atom. The number of piperazine rings is 1. The molecule has 0 aliphatic carbocycles. The fourth-order valence-corrected chi connectivity index (χ4v) is 6.51. The van der Waals surface area contributed by atoms with Crippen LogP contribution >= 0.6 is 11.3 Å². The minimum absolute atomic E-state index is 0.0646. The third-order valence-corrected chi connectivity index (χ3v) is 8.82. The predicted octanol–water partition coefficient (Wildman–Crippen LogP) is 5.33. The lowest BCUT2D eigenvalue weighted by Gasteiger charge is -2.39. The Morgan fingerprint density at radius 1 is 0.892 bits per heavy atom. The minimum Gasteiger partial charge on any atom is -0.338 e. The van der Waals surface area contributed by atoms with Gasteiger partial charge in [0, 0.05) is 43.2 Å². The molecule has 0 unspecified atom stereocenters. The molecule has 37 heavy (non-hydrogen) atoms. The van der Waals surface area contributed by atoms with E-state index in [2.05, 4.69) is 66.6 Å². The molecule has 1 atom stereocenters. The van der Waals surface area contributed by atoms with Crippen molar-refractivity contribution in [2.75, 3.05) is 39.3 Å². The van der Waals surface area contributed by atoms with E-state index in [4.69, 9.17) is 0 Å². The molecule has 0 N–H and O–H groups in total. The maximum Gasteiger partial charge on any atom is 0.253 e. The summed E-state index contributed by atoms with van der Waals surface area (Å²) in [6, 6.07) is 18.9. The third kappa shape index (κ3) is 5.65. The topological polar surface area (TPSA) is 43.9 Å². The molecule has 0 bridgehead atoms. The van der Waals surface area contributed by atoms with Crippen molar-refractivity contribution in [1.82, 2.24) is 14.7 Å². The van der Waals surface area contributed by atoms with Gasteiger partial charge in [-0.05, 0) is 72.0 Å². The second-order valence-corrected chi connectivity index (χ2v) is 11.3. The van der Waals surface area contributed by atoms with Gasteiger partial charge in [-0.2, -0.15) is 0 Å². The van der Waals surface area contributed by atoms with E-state index < -0.39 is 0 Å². The maximum absolute atomic E-state index is 13.4. The Morgan fingerprint density at radius 3 is 2.35 bits per heavy atom. The molecule has 5 rings (SSSR count). The molecule has 2 amide bonds. The molecule has 3 aromatic rings. The highest BCUT2D eigenvalue weighted by Crippen LogP contribution is 2.38. The van der Waals surface area contributed by atoms with Gasteiger partial charge in [0.2, 0.25) is 5.91 Å². The van der Waals surface area contributed by atoms with Gasteiger partial charge in [-0.25, -0.2) is 0 Å². The van der Waals surface area contributed by atoms with Crippen LogP contribution in [0.1, 0.15) is 63.3 Å². The third-order valence-electron chi connectivity index (χ3n) is 7.83. The minimum atomic E-state index is 0.0646. The van der Waals surface area contributed by atoms with Crippen molar-refractivity contribution < 1.29 is 9.59 Å². The number of thiophene rings is 1. The summed E-state index contributed by atoms with van der Waals surface area (Å²) in [5, 5.41) is 2.18. The van der Waals surface area contributed by atoms with E-state index in [-0.39, 0.29) is 17.9 Å². The van der Waals surface area contributed by atoms with Gasteiger partial charge in [-0.3, -0.25) is 14.5 Å². The van der Waals surface area contributed by atoms with Gasteiger partial charge in [0.1, 0.15) is 0 Å². The first kappa shape index (κ1) is 25.7. The molecule has 1 aromatic heterocycles. The lowest BCUT2D eigenvalue weighted by Crippen LogP contribution is -2.53. The average molecular weight is 516 g/mol. The van der Waals surface area contributed by atoms with Gasteiger partial charge < -0.3 is 9.80 Å². The number of carbonyl (C=O) groups excluding carboxylic acids is 2. The van der Waals surface area contributed by atoms with Crippen LogP contribution < -0.4 is 0 Å². The monoisotopic (exact) mass is 515 g/mol. The Labute approximate surface area is 224 Å². The highest BCUT2D eigenvalue weighted by molar-refractivity contribution is 7.10. The number of hydrogen-bond acceptors (Lipinski definition) is 4. The van der Waals surface area contributed by atoms with Gasteiger partial charge in [0.05, 0.1) is 12.6 Å². The number of fused-ring (bicyclic) bond motifs is 1. The van der Waals surface area contributed by atoms with Crippen LogP contribution in [0, 0.1) is 6.92 Å². The predicted molar refractivity (Wildman–Crippen MR) is 150 cm³/mol. The molecule has 0 radical (unpaired) electrons. The van der Waals surface area contributed by atoms with E-state index in [9.17, 15) is 9.59 Å². The van der Waals surface area contributed by atoms with Gasteiger partial charge in [-0.1, -0.05) is 49.7 Å². The molecule has 2 aromatic carbocycles. The second kappa shape index (κ2) is 11.6. The van der Waals surface area contributed by atoms with Gasteiger partial charge >= 0.3 is 0 Å². The van der Waals surface area contributed by atoms with Crippen LogP contribution in [0.25, 0.3) is 0 Å². The standard InChI is InChI=1S/C31H37N3O2S/c1-3-4-8-24-10-12-25(13-11-24)31(36)33-19-17-32(18-20-33)29(35)22-34-16-14-28-27(15-21-37-28)30(34)26-9-6-5-7-23(26)2/h5-7,9-13,15,21,30H,3-4,8,14,16-20,22H2,1-2H3/t30-/m0/s1. The van der Waals surface area contributed by atoms with E-state index >= 15 is 0 Å². The number of rotatable bonds is 7. The van der Waals surface area contributed by atoms with E-state index in [1.165, 1.54) is 40.0 Å². The SMILES string of the molecule is CCCCc1ccc(C(=O)N2CCN(C(=O)CN3CCc4sccc4[C@@H]3c3ccccc3C)CC2)cc1. The number of nitrogens with zero attached hydrogens (tertiary/aromatic N) is 3. The summed E-state index contributed by atoms with van der Waals surface area (Å²) in [7, 11) is 0. The van der Waals surface area contributed by atoms with Crippen molar-refractivity contribution in [3.63, 3.8) is 0 Å². The molecule has 1 fully saturated rings. The number of amides is 2. The van der Waals surface area contributed by atoms with Crippen LogP contribution in [-0.4, -0.2) is 65.8 Å². The van der Waals surface area contributed by atoms with E-state index in [1.54, 1.807) is 0 Å². The van der Waals surface area contributed by atoms with Crippen LogP contribution in [-0.2, 0) is 17.6 Å². The molecule has 194 valence electrons. The molecule has 2 aliphatic rings. The molecular formula is C31H37N3O2S. The Bertz CT molecular complexity index is 1230. The Balaban J connectivity index is 1.21. The second-order valence-electron chi connectivity index (χ2n) is 10.3. The quantitative estimate of drug-likeness (QED) is 0.427. The zero-order valence-corrected chi connectivity index (χ0v) is 22.8. The van der Waals surface area contributed by atoms with Crippen molar-refractivity contribution in [1.29, 1.82) is 0 Å². The van der Waals surface area contributed by atoms with Crippen molar-refractivity contribution >= 4 is 23.2 Å². The molecule has 2 aliphatic heterocycles. The zero-order chi connectivity index (χ0) is 25.8. The van der Waals surface area contributed by atoms with E-state index in [1.807, 2.05) is 33.3 Å². The number of carbonyl (C=O) groups is 2. The summed E-state index contributed by atoms with van der Waals surface area (Å²) in [6.45, 7) is 7.97. The summed E-state index contributed by atoms with van der Waals surface area (Å²) in [6.07, 6.45) is 4.38. The highest BCUT2D eigenvalue weighted by Gasteiger charge is 2.33. The fraction of sp³-hybridized carbons (Fsp3) is 0.419. The molecule has 0 saturated carbocycles. The average Bonchev–Trinajstić information content (AvgIpc) is 3.41. The lowest BCUT2D eigenvalue weighted by molar-refractivity contribution is -0.134. The first-order valence-electron chi connectivity index (χ1n) is 13.6. The van der Waals surface area contributed by atoms with Gasteiger partial charge in [0.15, 0.2) is 0 Å². The molecule has 6 heteroatoms. The molecule has 3 heterocycles. The lowest BCUT2D eigenvalue weighted by atomic mass is 9.90. The Kier molecular flexibility index (Phi) is 8.06. The summed E-state index contributed by atoms with van der Waals surface area (Å²) < 4.78 is 0.